The minimum absolute atomic E-state index is 0.00537. The van der Waals surface area contributed by atoms with Crippen molar-refractivity contribution in [1.29, 1.82) is 0 Å². The van der Waals surface area contributed by atoms with Gasteiger partial charge in [-0.05, 0) is 23.5 Å². The molecule has 0 aliphatic heterocycles. The van der Waals surface area contributed by atoms with Crippen LogP contribution in [0, 0.1) is 5.92 Å². The summed E-state index contributed by atoms with van der Waals surface area (Å²) in [5, 5.41) is 10.1. The van der Waals surface area contributed by atoms with Gasteiger partial charge >= 0.3 is 5.97 Å². The molecule has 106 valence electrons. The summed E-state index contributed by atoms with van der Waals surface area (Å²) in [7, 11) is 1.31. The van der Waals surface area contributed by atoms with Gasteiger partial charge in [0.25, 0.3) is 0 Å². The van der Waals surface area contributed by atoms with E-state index in [0.29, 0.717) is 5.92 Å². The average molecular weight is 265 g/mol. The van der Waals surface area contributed by atoms with Crippen LogP contribution in [0.1, 0.15) is 37.5 Å². The Hall–Kier alpha value is -1.39. The van der Waals surface area contributed by atoms with Crippen LogP contribution in [0.2, 0.25) is 0 Å². The van der Waals surface area contributed by atoms with E-state index in [1.165, 1.54) is 12.7 Å². The first kappa shape index (κ1) is 15.7. The number of aliphatic hydroxyl groups is 1. The molecule has 0 amide bonds. The summed E-state index contributed by atoms with van der Waals surface area (Å²) in [5.74, 6) is 0.181. The van der Waals surface area contributed by atoms with Crippen molar-refractivity contribution in [3.63, 3.8) is 0 Å². The molecule has 0 bridgehead atoms. The number of carbonyl (C=O) groups is 1. The number of benzene rings is 1. The van der Waals surface area contributed by atoms with Crippen molar-refractivity contribution in [2.24, 2.45) is 11.7 Å². The predicted octanol–water partition coefficient (Wildman–Crippen LogP) is 1.81. The van der Waals surface area contributed by atoms with Gasteiger partial charge in [0.2, 0.25) is 0 Å². The standard InChI is InChI=1S/C15H23NO3/c1-10(2)8-11-4-6-12(7-5-11)15(18)13(16)9-14(17)19-3/h4-7,10,13,15,18H,8-9,16H2,1-3H3. The molecule has 0 spiro atoms. The largest absolute Gasteiger partial charge is 0.469 e. The molecule has 0 heterocycles. The Balaban J connectivity index is 2.66. The molecule has 1 aromatic carbocycles. The zero-order valence-corrected chi connectivity index (χ0v) is 11.8. The third-order valence-corrected chi connectivity index (χ3v) is 3.00. The maximum Gasteiger partial charge on any atom is 0.307 e. The lowest BCUT2D eigenvalue weighted by Crippen LogP contribution is -2.31. The number of ether oxygens (including phenoxy) is 1. The van der Waals surface area contributed by atoms with Crippen LogP contribution < -0.4 is 5.73 Å². The molecule has 0 saturated heterocycles. The molecule has 0 fully saturated rings. The van der Waals surface area contributed by atoms with E-state index in [-0.39, 0.29) is 6.42 Å². The Labute approximate surface area is 114 Å². The summed E-state index contributed by atoms with van der Waals surface area (Å²) in [4.78, 5) is 11.1. The highest BCUT2D eigenvalue weighted by atomic mass is 16.5. The maximum atomic E-state index is 11.1. The fraction of sp³-hybridized carbons (Fsp3) is 0.533. The molecule has 0 saturated carbocycles. The molecule has 1 aromatic rings. The highest BCUT2D eigenvalue weighted by Crippen LogP contribution is 2.19. The van der Waals surface area contributed by atoms with Crippen LogP contribution in [0.4, 0.5) is 0 Å². The van der Waals surface area contributed by atoms with E-state index in [2.05, 4.69) is 18.6 Å². The fourth-order valence-electron chi connectivity index (χ4n) is 1.96. The first-order chi connectivity index (χ1) is 8.93. The van der Waals surface area contributed by atoms with Gasteiger partial charge in [-0.2, -0.15) is 0 Å². The highest BCUT2D eigenvalue weighted by Gasteiger charge is 2.20. The Bertz CT molecular complexity index is 400. The van der Waals surface area contributed by atoms with Crippen molar-refractivity contribution in [1.82, 2.24) is 0 Å². The predicted molar refractivity (Wildman–Crippen MR) is 74.6 cm³/mol. The molecule has 0 aromatic heterocycles. The van der Waals surface area contributed by atoms with Gasteiger partial charge in [-0.3, -0.25) is 4.79 Å². The number of nitrogens with two attached hydrogens (primary N) is 1. The summed E-state index contributed by atoms with van der Waals surface area (Å²) in [6.07, 6.45) is 0.155. The van der Waals surface area contributed by atoms with E-state index >= 15 is 0 Å². The number of carbonyl (C=O) groups excluding carboxylic acids is 1. The Morgan fingerprint density at radius 2 is 1.89 bits per heavy atom. The molecule has 0 aliphatic carbocycles. The first-order valence-electron chi connectivity index (χ1n) is 6.53. The van der Waals surface area contributed by atoms with Gasteiger partial charge in [0.15, 0.2) is 0 Å². The van der Waals surface area contributed by atoms with Crippen LogP contribution in [-0.4, -0.2) is 24.2 Å². The second-order valence-electron chi connectivity index (χ2n) is 5.23. The van der Waals surface area contributed by atoms with Crippen molar-refractivity contribution in [2.45, 2.75) is 38.8 Å². The lowest BCUT2D eigenvalue weighted by Gasteiger charge is -2.18. The van der Waals surface area contributed by atoms with E-state index in [1.807, 2.05) is 24.3 Å². The summed E-state index contributed by atoms with van der Waals surface area (Å²) in [6, 6.07) is 7.05. The minimum atomic E-state index is -0.854. The highest BCUT2D eigenvalue weighted by molar-refractivity contribution is 5.70. The fourth-order valence-corrected chi connectivity index (χ4v) is 1.96. The summed E-state index contributed by atoms with van der Waals surface area (Å²) < 4.78 is 4.54. The molecule has 0 radical (unpaired) electrons. The van der Waals surface area contributed by atoms with E-state index in [0.717, 1.165) is 12.0 Å². The Morgan fingerprint density at radius 3 is 2.37 bits per heavy atom. The third-order valence-electron chi connectivity index (χ3n) is 3.00. The molecule has 3 N–H and O–H groups in total. The topological polar surface area (TPSA) is 72.5 Å². The van der Waals surface area contributed by atoms with E-state index in [1.54, 1.807) is 0 Å². The van der Waals surface area contributed by atoms with Crippen LogP contribution in [0.25, 0.3) is 0 Å². The van der Waals surface area contributed by atoms with Gasteiger partial charge in [-0.25, -0.2) is 0 Å². The van der Waals surface area contributed by atoms with Crippen molar-refractivity contribution >= 4 is 5.97 Å². The van der Waals surface area contributed by atoms with Gasteiger partial charge in [-0.1, -0.05) is 38.1 Å². The summed E-state index contributed by atoms with van der Waals surface area (Å²) >= 11 is 0. The molecule has 1 rings (SSSR count). The molecule has 19 heavy (non-hydrogen) atoms. The maximum absolute atomic E-state index is 11.1. The minimum Gasteiger partial charge on any atom is -0.469 e. The van der Waals surface area contributed by atoms with Crippen molar-refractivity contribution < 1.29 is 14.6 Å². The quantitative estimate of drug-likeness (QED) is 0.769. The van der Waals surface area contributed by atoms with Crippen molar-refractivity contribution in [3.8, 4) is 0 Å². The number of aliphatic hydroxyl groups excluding tert-OH is 1. The first-order valence-corrected chi connectivity index (χ1v) is 6.53. The van der Waals surface area contributed by atoms with Crippen LogP contribution in [0.5, 0.6) is 0 Å². The van der Waals surface area contributed by atoms with Crippen LogP contribution in [-0.2, 0) is 16.0 Å². The van der Waals surface area contributed by atoms with Gasteiger partial charge in [0, 0.05) is 6.04 Å². The van der Waals surface area contributed by atoms with Crippen LogP contribution >= 0.6 is 0 Å². The van der Waals surface area contributed by atoms with Gasteiger partial charge < -0.3 is 15.6 Å². The average Bonchev–Trinajstić information content (AvgIpc) is 2.37. The molecule has 4 nitrogen and oxygen atoms in total. The zero-order chi connectivity index (χ0) is 14.4. The second-order valence-corrected chi connectivity index (χ2v) is 5.23. The number of hydrogen-bond acceptors (Lipinski definition) is 4. The molecular formula is C15H23NO3. The number of esters is 1. The Kier molecular flexibility index (Phi) is 5.99. The number of rotatable bonds is 6. The normalized spacial score (nSPS) is 14.2. The third kappa shape index (κ3) is 5.01. The van der Waals surface area contributed by atoms with E-state index in [4.69, 9.17) is 5.73 Å². The summed E-state index contributed by atoms with van der Waals surface area (Å²) in [6.45, 7) is 4.32. The lowest BCUT2D eigenvalue weighted by molar-refractivity contribution is -0.141. The summed E-state index contributed by atoms with van der Waals surface area (Å²) in [5.41, 5.74) is 7.75. The monoisotopic (exact) mass is 265 g/mol. The molecule has 4 heteroatoms. The van der Waals surface area contributed by atoms with E-state index in [9.17, 15) is 9.90 Å². The molecular weight excluding hydrogens is 242 g/mol. The number of hydrogen-bond donors (Lipinski definition) is 2. The number of methoxy groups -OCH3 is 1. The van der Waals surface area contributed by atoms with E-state index < -0.39 is 18.1 Å². The second kappa shape index (κ2) is 7.26. The molecule has 2 unspecified atom stereocenters. The molecule has 0 aliphatic rings. The van der Waals surface area contributed by atoms with Gasteiger partial charge in [-0.15, -0.1) is 0 Å². The van der Waals surface area contributed by atoms with Crippen molar-refractivity contribution in [2.75, 3.05) is 7.11 Å². The van der Waals surface area contributed by atoms with Gasteiger partial charge in [0.05, 0.1) is 19.6 Å². The lowest BCUT2D eigenvalue weighted by atomic mass is 9.97. The van der Waals surface area contributed by atoms with Crippen molar-refractivity contribution in [3.05, 3.63) is 35.4 Å². The van der Waals surface area contributed by atoms with Gasteiger partial charge in [0.1, 0.15) is 0 Å². The molecule has 2 atom stereocenters. The Morgan fingerprint density at radius 1 is 1.32 bits per heavy atom. The SMILES string of the molecule is COC(=O)CC(N)C(O)c1ccc(CC(C)C)cc1. The zero-order valence-electron chi connectivity index (χ0n) is 11.8. The van der Waals surface area contributed by atoms with Crippen LogP contribution in [0.3, 0.4) is 0 Å². The van der Waals surface area contributed by atoms with Crippen LogP contribution in [0.15, 0.2) is 24.3 Å². The smallest absolute Gasteiger partial charge is 0.307 e.